The highest BCUT2D eigenvalue weighted by Gasteiger charge is 2.26. The van der Waals surface area contributed by atoms with E-state index in [2.05, 4.69) is 5.16 Å². The van der Waals surface area contributed by atoms with Crippen molar-refractivity contribution in [3.63, 3.8) is 0 Å². The normalized spacial score (nSPS) is 10.8. The molecule has 0 aliphatic heterocycles. The highest BCUT2D eigenvalue weighted by molar-refractivity contribution is 7.22. The number of nitrogens with zero attached hydrogens (tertiary/aromatic N) is 4. The molecule has 4 rings (SSSR count). The van der Waals surface area contributed by atoms with E-state index in [1.165, 1.54) is 11.3 Å². The molecule has 33 heavy (non-hydrogen) atoms. The van der Waals surface area contributed by atoms with Gasteiger partial charge in [0.05, 0.1) is 14.2 Å². The van der Waals surface area contributed by atoms with E-state index in [1.54, 1.807) is 31.3 Å². The molecule has 0 saturated carbocycles. The zero-order valence-corrected chi connectivity index (χ0v) is 20.4. The van der Waals surface area contributed by atoms with Gasteiger partial charge in [0.25, 0.3) is 5.91 Å². The third kappa shape index (κ3) is 5.11. The molecular weight excluding hydrogens is 464 g/mol. The summed E-state index contributed by atoms with van der Waals surface area (Å²) in [7, 11) is 7.11. The summed E-state index contributed by atoms with van der Waals surface area (Å²) in [6, 6.07) is 14.9. The van der Waals surface area contributed by atoms with Gasteiger partial charge in [-0.05, 0) is 26.2 Å². The van der Waals surface area contributed by atoms with Gasteiger partial charge in [-0.25, -0.2) is 4.98 Å². The molecule has 4 aromatic rings. The van der Waals surface area contributed by atoms with Crippen molar-refractivity contribution in [1.82, 2.24) is 15.0 Å². The molecule has 0 unspecified atom stereocenters. The lowest BCUT2D eigenvalue weighted by atomic mass is 10.1. The lowest BCUT2D eigenvalue weighted by molar-refractivity contribution is 0.0976. The maximum Gasteiger partial charge on any atom is 0.282 e. The van der Waals surface area contributed by atoms with Crippen molar-refractivity contribution in [2.24, 2.45) is 0 Å². The van der Waals surface area contributed by atoms with E-state index >= 15 is 0 Å². The second kappa shape index (κ2) is 10.7. The molecule has 0 N–H and O–H groups in total. The van der Waals surface area contributed by atoms with Gasteiger partial charge in [0.2, 0.25) is 0 Å². The first-order chi connectivity index (χ1) is 15.5. The van der Waals surface area contributed by atoms with E-state index in [0.717, 1.165) is 10.3 Å². The fourth-order valence-corrected chi connectivity index (χ4v) is 4.33. The number of rotatable bonds is 8. The zero-order chi connectivity index (χ0) is 22.7. The van der Waals surface area contributed by atoms with Crippen molar-refractivity contribution >= 4 is 45.0 Å². The number of carbonyl (C=O) groups excluding carboxylic acids is 1. The Bertz CT molecular complexity index is 1180. The number of fused-ring (bicyclic) bond motifs is 1. The van der Waals surface area contributed by atoms with Gasteiger partial charge in [-0.15, -0.1) is 12.4 Å². The molecule has 0 aliphatic carbocycles. The maximum absolute atomic E-state index is 13.5. The lowest BCUT2D eigenvalue weighted by Gasteiger charge is -2.20. The monoisotopic (exact) mass is 488 g/mol. The Kier molecular flexibility index (Phi) is 7.91. The zero-order valence-electron chi connectivity index (χ0n) is 18.8. The number of hydrogen-bond donors (Lipinski definition) is 0. The number of likely N-dealkylation sites (N-methyl/N-ethyl adjacent to an activating group) is 1. The predicted molar refractivity (Wildman–Crippen MR) is 132 cm³/mol. The Balaban J connectivity index is 0.00000306. The first-order valence-electron chi connectivity index (χ1n) is 10.0. The van der Waals surface area contributed by atoms with Gasteiger partial charge >= 0.3 is 0 Å². The average molecular weight is 489 g/mol. The van der Waals surface area contributed by atoms with Crippen molar-refractivity contribution in [2.75, 3.05) is 46.3 Å². The molecular formula is C23H25ClN4O4S. The first-order valence-corrected chi connectivity index (χ1v) is 10.8. The molecule has 0 bridgehead atoms. The molecule has 10 heteroatoms. The van der Waals surface area contributed by atoms with Crippen LogP contribution in [0.25, 0.3) is 21.5 Å². The van der Waals surface area contributed by atoms with Crippen LogP contribution in [0, 0.1) is 0 Å². The SMILES string of the molecule is COc1ccc(OC)c2sc(N(CCN(C)C)C(=O)c3cc(-c4ccccc4)on3)nc12.Cl. The summed E-state index contributed by atoms with van der Waals surface area (Å²) in [4.78, 5) is 21.8. The first kappa shape index (κ1) is 24.5. The van der Waals surface area contributed by atoms with E-state index in [4.69, 9.17) is 19.0 Å². The molecule has 0 atom stereocenters. The van der Waals surface area contributed by atoms with E-state index < -0.39 is 0 Å². The van der Waals surface area contributed by atoms with Gasteiger partial charge < -0.3 is 18.9 Å². The van der Waals surface area contributed by atoms with Gasteiger partial charge in [0.15, 0.2) is 16.6 Å². The minimum atomic E-state index is -0.283. The fraction of sp³-hybridized carbons (Fsp3) is 0.261. The summed E-state index contributed by atoms with van der Waals surface area (Å²) in [5, 5.41) is 4.58. The third-order valence-electron chi connectivity index (χ3n) is 4.93. The Morgan fingerprint density at radius 3 is 2.39 bits per heavy atom. The van der Waals surface area contributed by atoms with Crippen LogP contribution in [-0.4, -0.2) is 62.4 Å². The van der Waals surface area contributed by atoms with Crippen molar-refractivity contribution in [2.45, 2.75) is 0 Å². The minimum absolute atomic E-state index is 0. The van der Waals surface area contributed by atoms with Gasteiger partial charge in [-0.3, -0.25) is 9.69 Å². The number of methoxy groups -OCH3 is 2. The smallest absolute Gasteiger partial charge is 0.282 e. The summed E-state index contributed by atoms with van der Waals surface area (Å²) in [5.41, 5.74) is 1.73. The van der Waals surface area contributed by atoms with Crippen LogP contribution in [0.3, 0.4) is 0 Å². The molecule has 2 heterocycles. The van der Waals surface area contributed by atoms with Gasteiger partial charge in [-0.2, -0.15) is 0 Å². The quantitative estimate of drug-likeness (QED) is 0.358. The summed E-state index contributed by atoms with van der Waals surface area (Å²) >= 11 is 1.38. The van der Waals surface area contributed by atoms with Gasteiger partial charge in [0.1, 0.15) is 21.7 Å². The number of anilines is 1. The molecule has 2 aromatic heterocycles. The number of carbonyl (C=O) groups is 1. The molecule has 2 aromatic carbocycles. The highest BCUT2D eigenvalue weighted by atomic mass is 35.5. The van der Waals surface area contributed by atoms with Crippen molar-refractivity contribution < 1.29 is 18.8 Å². The number of thiazole rings is 1. The topological polar surface area (TPSA) is 80.9 Å². The van der Waals surface area contributed by atoms with Crippen LogP contribution in [0.1, 0.15) is 10.5 Å². The summed E-state index contributed by atoms with van der Waals surface area (Å²) in [6.45, 7) is 1.09. The van der Waals surface area contributed by atoms with Crippen molar-refractivity contribution in [3.05, 3.63) is 54.2 Å². The summed E-state index contributed by atoms with van der Waals surface area (Å²) in [6.07, 6.45) is 0. The molecule has 0 aliphatic rings. The van der Waals surface area contributed by atoms with Crippen LogP contribution < -0.4 is 14.4 Å². The third-order valence-corrected chi connectivity index (χ3v) is 6.03. The minimum Gasteiger partial charge on any atom is -0.495 e. The van der Waals surface area contributed by atoms with E-state index in [0.29, 0.717) is 41.0 Å². The Morgan fingerprint density at radius 2 is 1.73 bits per heavy atom. The largest absolute Gasteiger partial charge is 0.495 e. The number of hydrogen-bond acceptors (Lipinski definition) is 8. The molecule has 0 saturated heterocycles. The molecule has 0 radical (unpaired) electrons. The molecule has 174 valence electrons. The fourth-order valence-electron chi connectivity index (χ4n) is 3.23. The molecule has 1 amide bonds. The number of benzene rings is 2. The van der Waals surface area contributed by atoms with Crippen LogP contribution in [0.5, 0.6) is 11.5 Å². The van der Waals surface area contributed by atoms with Crippen LogP contribution >= 0.6 is 23.7 Å². The van der Waals surface area contributed by atoms with Crippen molar-refractivity contribution in [1.29, 1.82) is 0 Å². The Morgan fingerprint density at radius 1 is 1.03 bits per heavy atom. The molecule has 0 spiro atoms. The lowest BCUT2D eigenvalue weighted by Crippen LogP contribution is -2.36. The van der Waals surface area contributed by atoms with E-state index in [-0.39, 0.29) is 24.0 Å². The highest BCUT2D eigenvalue weighted by Crippen LogP contribution is 2.40. The Labute approximate surface area is 202 Å². The van der Waals surface area contributed by atoms with Crippen molar-refractivity contribution in [3.8, 4) is 22.8 Å². The second-order valence-electron chi connectivity index (χ2n) is 7.35. The second-order valence-corrected chi connectivity index (χ2v) is 8.32. The number of amides is 1. The van der Waals surface area contributed by atoms with Crippen LogP contribution in [0.4, 0.5) is 5.13 Å². The average Bonchev–Trinajstić information content (AvgIpc) is 3.47. The van der Waals surface area contributed by atoms with Gasteiger partial charge in [0, 0.05) is 24.7 Å². The van der Waals surface area contributed by atoms with Crippen LogP contribution in [0.2, 0.25) is 0 Å². The van der Waals surface area contributed by atoms with E-state index in [9.17, 15) is 4.79 Å². The standard InChI is InChI=1S/C23H24N4O4S.ClH/c1-26(2)12-13-27(22(28)16-14-19(31-25-16)15-8-6-5-7-9-15)23-24-20-17(29-3)10-11-18(30-4)21(20)32-23;/h5-11,14H,12-13H2,1-4H3;1H. The van der Waals surface area contributed by atoms with Gasteiger partial charge in [-0.1, -0.05) is 46.8 Å². The maximum atomic E-state index is 13.5. The number of ether oxygens (including phenoxy) is 2. The summed E-state index contributed by atoms with van der Waals surface area (Å²) < 4.78 is 17.2. The molecule has 0 fully saturated rings. The van der Waals surface area contributed by atoms with Crippen LogP contribution in [0.15, 0.2) is 53.1 Å². The number of aromatic nitrogens is 2. The van der Waals surface area contributed by atoms with E-state index in [1.807, 2.05) is 55.4 Å². The molecule has 8 nitrogen and oxygen atoms in total. The van der Waals surface area contributed by atoms with Crippen LogP contribution in [-0.2, 0) is 0 Å². The number of halogens is 1. The predicted octanol–water partition coefficient (Wildman–Crippen LogP) is 4.60. The Hall–Kier alpha value is -3.14. The summed E-state index contributed by atoms with van der Waals surface area (Å²) in [5.74, 6) is 1.55.